The van der Waals surface area contributed by atoms with Crippen molar-refractivity contribution < 1.29 is 0 Å². The third kappa shape index (κ3) is 1.65. The minimum absolute atomic E-state index is 0.233. The van der Waals surface area contributed by atoms with Crippen LogP contribution in [0, 0.1) is 6.92 Å². The third-order valence-corrected chi connectivity index (χ3v) is 3.90. The van der Waals surface area contributed by atoms with Crippen molar-refractivity contribution in [2.45, 2.75) is 6.92 Å². The summed E-state index contributed by atoms with van der Waals surface area (Å²) in [6.07, 6.45) is 0. The number of H-pyrrole nitrogens is 2. The number of para-hydroxylation sites is 1. The highest BCUT2D eigenvalue weighted by molar-refractivity contribution is 5.90. The van der Waals surface area contributed by atoms with Gasteiger partial charge in [0, 0.05) is 16.6 Å². The van der Waals surface area contributed by atoms with E-state index in [0.717, 1.165) is 16.6 Å². The molecule has 2 heterocycles. The van der Waals surface area contributed by atoms with Gasteiger partial charge in [-0.1, -0.05) is 30.3 Å². The fourth-order valence-electron chi connectivity index (χ4n) is 2.91. The van der Waals surface area contributed by atoms with Crippen LogP contribution < -0.4 is 11.1 Å². The second-order valence-corrected chi connectivity index (χ2v) is 5.27. The first-order chi connectivity index (χ1) is 10.7. The van der Waals surface area contributed by atoms with Crippen LogP contribution in [0.25, 0.3) is 27.4 Å². The molecule has 0 bridgehead atoms. The van der Waals surface area contributed by atoms with Crippen LogP contribution in [0.1, 0.15) is 5.69 Å². The number of fused-ring (bicyclic) bond motifs is 2. The van der Waals surface area contributed by atoms with Crippen molar-refractivity contribution in [2.75, 3.05) is 0 Å². The number of aryl methyl sites for hydroxylation is 1. The van der Waals surface area contributed by atoms with Gasteiger partial charge in [0.25, 0.3) is 11.1 Å². The van der Waals surface area contributed by atoms with Crippen molar-refractivity contribution in [1.29, 1.82) is 0 Å². The molecule has 0 amide bonds. The Bertz CT molecular complexity index is 1130. The van der Waals surface area contributed by atoms with Crippen LogP contribution in [0.4, 0.5) is 0 Å². The monoisotopic (exact) mass is 291 g/mol. The Morgan fingerprint density at radius 1 is 0.864 bits per heavy atom. The molecule has 0 aliphatic heterocycles. The van der Waals surface area contributed by atoms with Crippen LogP contribution in [0.5, 0.6) is 0 Å². The Kier molecular flexibility index (Phi) is 2.56. The number of hydrogen-bond acceptors (Lipinski definition) is 2. The van der Waals surface area contributed by atoms with Crippen LogP contribution >= 0.6 is 0 Å². The zero-order valence-electron chi connectivity index (χ0n) is 11.9. The van der Waals surface area contributed by atoms with Crippen LogP contribution in [0.15, 0.2) is 58.1 Å². The molecule has 0 fully saturated rings. The molecule has 2 aromatic heterocycles. The predicted octanol–water partition coefficient (Wildman–Crippen LogP) is 2.47. The highest BCUT2D eigenvalue weighted by Crippen LogP contribution is 2.24. The van der Waals surface area contributed by atoms with Crippen LogP contribution in [-0.4, -0.2) is 14.8 Å². The number of hydrogen-bond donors (Lipinski definition) is 2. The molecule has 4 aromatic rings. The molecule has 0 aliphatic carbocycles. The maximum atomic E-state index is 12.8. The molecule has 5 nitrogen and oxygen atoms in total. The van der Waals surface area contributed by atoms with Crippen molar-refractivity contribution in [3.63, 3.8) is 0 Å². The summed E-state index contributed by atoms with van der Waals surface area (Å²) in [5.74, 6) is 0. The molecule has 0 spiro atoms. The second-order valence-electron chi connectivity index (χ2n) is 5.27. The van der Waals surface area contributed by atoms with Gasteiger partial charge in [0.1, 0.15) is 0 Å². The van der Waals surface area contributed by atoms with Crippen molar-refractivity contribution >= 4 is 21.7 Å². The first kappa shape index (κ1) is 12.6. The van der Waals surface area contributed by atoms with Gasteiger partial charge in [-0.15, -0.1) is 0 Å². The summed E-state index contributed by atoms with van der Waals surface area (Å²) in [6, 6.07) is 14.5. The molecule has 5 heteroatoms. The molecule has 2 aromatic carbocycles. The lowest BCUT2D eigenvalue weighted by atomic mass is 10.2. The lowest BCUT2D eigenvalue weighted by molar-refractivity contribution is 0.801. The van der Waals surface area contributed by atoms with Crippen LogP contribution in [0.2, 0.25) is 0 Å². The van der Waals surface area contributed by atoms with Crippen molar-refractivity contribution in [3.8, 4) is 5.69 Å². The topological polar surface area (TPSA) is 70.7 Å². The Labute approximate surface area is 124 Å². The molecule has 22 heavy (non-hydrogen) atoms. The van der Waals surface area contributed by atoms with E-state index in [0.29, 0.717) is 16.5 Å². The van der Waals surface area contributed by atoms with E-state index >= 15 is 0 Å². The van der Waals surface area contributed by atoms with Crippen molar-refractivity contribution in [3.05, 3.63) is 74.9 Å². The first-order valence-corrected chi connectivity index (χ1v) is 6.98. The molecule has 0 saturated carbocycles. The third-order valence-electron chi connectivity index (χ3n) is 3.90. The first-order valence-electron chi connectivity index (χ1n) is 6.98. The SMILES string of the molecule is Cc1[nH]c2ccccc2c1-n1[nH]c(=O)c2ccccc2c1=O. The maximum absolute atomic E-state index is 12.8. The molecule has 2 N–H and O–H groups in total. The molecule has 0 saturated heterocycles. The number of benzene rings is 2. The summed E-state index contributed by atoms with van der Waals surface area (Å²) >= 11 is 0. The van der Waals surface area contributed by atoms with E-state index in [1.54, 1.807) is 24.3 Å². The van der Waals surface area contributed by atoms with Gasteiger partial charge in [-0.2, -0.15) is 0 Å². The second kappa shape index (κ2) is 4.46. The van der Waals surface area contributed by atoms with Gasteiger partial charge in [0.15, 0.2) is 0 Å². The smallest absolute Gasteiger partial charge is 0.277 e. The Morgan fingerprint density at radius 2 is 1.50 bits per heavy atom. The summed E-state index contributed by atoms with van der Waals surface area (Å²) in [5, 5.41) is 4.40. The van der Waals surface area contributed by atoms with Crippen LogP contribution in [0.3, 0.4) is 0 Å². The van der Waals surface area contributed by atoms with Crippen molar-refractivity contribution in [1.82, 2.24) is 14.8 Å². The summed E-state index contributed by atoms with van der Waals surface area (Å²) in [5.41, 5.74) is 1.93. The Hall–Kier alpha value is -3.08. The molecule has 0 radical (unpaired) electrons. The number of nitrogens with one attached hydrogen (secondary N) is 2. The van der Waals surface area contributed by atoms with Crippen molar-refractivity contribution in [2.24, 2.45) is 0 Å². The summed E-state index contributed by atoms with van der Waals surface area (Å²) < 4.78 is 1.33. The van der Waals surface area contributed by atoms with Gasteiger partial charge in [0.2, 0.25) is 0 Å². The highest BCUT2D eigenvalue weighted by atomic mass is 16.2. The quantitative estimate of drug-likeness (QED) is 0.565. The van der Waals surface area contributed by atoms with E-state index in [1.165, 1.54) is 4.68 Å². The van der Waals surface area contributed by atoms with Gasteiger partial charge in [0.05, 0.1) is 16.5 Å². The minimum atomic E-state index is -0.278. The molecular formula is C17H13N3O2. The van der Waals surface area contributed by atoms with Gasteiger partial charge < -0.3 is 4.98 Å². The number of aromatic nitrogens is 3. The van der Waals surface area contributed by atoms with Gasteiger partial charge in [-0.25, -0.2) is 4.68 Å². The standard InChI is InChI=1S/C17H13N3O2/c1-10-15(13-8-4-5-9-14(13)18-10)20-17(22)12-7-3-2-6-11(12)16(21)19-20/h2-9,18H,1H3,(H,19,21). The Morgan fingerprint density at radius 3 is 2.27 bits per heavy atom. The number of aromatic amines is 2. The molecule has 4 rings (SSSR count). The molecule has 0 unspecified atom stereocenters. The fraction of sp³-hybridized carbons (Fsp3) is 0.0588. The average Bonchev–Trinajstić information content (AvgIpc) is 2.87. The molecule has 0 aliphatic rings. The maximum Gasteiger partial charge on any atom is 0.277 e. The predicted molar refractivity (Wildman–Crippen MR) is 86.8 cm³/mol. The zero-order chi connectivity index (χ0) is 15.3. The van der Waals surface area contributed by atoms with Gasteiger partial charge >= 0.3 is 0 Å². The molecule has 0 atom stereocenters. The lowest BCUT2D eigenvalue weighted by Crippen LogP contribution is -2.28. The van der Waals surface area contributed by atoms with E-state index in [2.05, 4.69) is 10.1 Å². The van der Waals surface area contributed by atoms with Gasteiger partial charge in [-0.05, 0) is 25.1 Å². The summed E-state index contributed by atoms with van der Waals surface area (Å²) in [4.78, 5) is 28.3. The zero-order valence-corrected chi connectivity index (χ0v) is 11.9. The van der Waals surface area contributed by atoms with E-state index < -0.39 is 0 Å². The Balaban J connectivity index is 2.18. The average molecular weight is 291 g/mol. The van der Waals surface area contributed by atoms with E-state index in [4.69, 9.17) is 0 Å². The van der Waals surface area contributed by atoms with E-state index in [1.807, 2.05) is 31.2 Å². The van der Waals surface area contributed by atoms with Crippen LogP contribution in [-0.2, 0) is 0 Å². The van der Waals surface area contributed by atoms with Gasteiger partial charge in [-0.3, -0.25) is 14.7 Å². The van der Waals surface area contributed by atoms with E-state index in [-0.39, 0.29) is 11.1 Å². The normalized spacial score (nSPS) is 11.3. The summed E-state index contributed by atoms with van der Waals surface area (Å²) in [7, 11) is 0. The number of nitrogens with zero attached hydrogens (tertiary/aromatic N) is 1. The molecular weight excluding hydrogens is 278 g/mol. The van der Waals surface area contributed by atoms with E-state index in [9.17, 15) is 9.59 Å². The molecule has 108 valence electrons. The number of rotatable bonds is 1. The summed E-state index contributed by atoms with van der Waals surface area (Å²) in [6.45, 7) is 1.88. The fourth-order valence-corrected chi connectivity index (χ4v) is 2.91. The highest BCUT2D eigenvalue weighted by Gasteiger charge is 2.14. The lowest BCUT2D eigenvalue weighted by Gasteiger charge is -2.07. The minimum Gasteiger partial charge on any atom is -0.357 e. The largest absolute Gasteiger partial charge is 0.357 e.